The lowest BCUT2D eigenvalue weighted by atomic mass is 10.1. The van der Waals surface area contributed by atoms with Gasteiger partial charge in [0.25, 0.3) is 11.8 Å². The van der Waals surface area contributed by atoms with Crippen LogP contribution in [0.25, 0.3) is 0 Å². The molecule has 1 rings (SSSR count). The van der Waals surface area contributed by atoms with Gasteiger partial charge in [-0.25, -0.2) is 10.9 Å². The first-order valence-corrected chi connectivity index (χ1v) is 8.58. The van der Waals surface area contributed by atoms with Crippen molar-refractivity contribution in [2.75, 3.05) is 0 Å². The summed E-state index contributed by atoms with van der Waals surface area (Å²) in [5.41, 5.74) is 3.29. The maximum Gasteiger partial charge on any atom is 0.450 e. The molecule has 0 aliphatic rings. The number of rotatable bonds is 8. The summed E-state index contributed by atoms with van der Waals surface area (Å²) in [6, 6.07) is 4.67. The maximum absolute atomic E-state index is 12.2. The van der Waals surface area contributed by atoms with Gasteiger partial charge in [-0.1, -0.05) is 0 Å². The van der Waals surface area contributed by atoms with Crippen molar-refractivity contribution in [3.05, 3.63) is 35.4 Å². The molecule has 0 radical (unpaired) electrons. The molecule has 2 amide bonds. The highest BCUT2D eigenvalue weighted by atomic mass is 19.4. The number of hydrogen-bond donors (Lipinski definition) is 2. The van der Waals surface area contributed by atoms with Gasteiger partial charge in [-0.05, 0) is 38.1 Å². The molecule has 14 heteroatoms. The molecule has 2 N–H and O–H groups in total. The SMILES string of the molecule is C/C(CC(=O)C(F)(F)F)=N\NC(=O)c1ccc(C(=O)N/N=C(\C)CC(=O)C(F)(F)F)cc1. The topological polar surface area (TPSA) is 117 Å². The number of carbonyl (C=O) groups is 4. The van der Waals surface area contributed by atoms with Gasteiger partial charge in [0.2, 0.25) is 11.6 Å². The predicted molar refractivity (Wildman–Crippen MR) is 99.0 cm³/mol. The maximum atomic E-state index is 12.2. The van der Waals surface area contributed by atoms with Crippen LogP contribution in [0.1, 0.15) is 47.4 Å². The lowest BCUT2D eigenvalue weighted by molar-refractivity contribution is -0.169. The van der Waals surface area contributed by atoms with Crippen LogP contribution in [0.15, 0.2) is 34.5 Å². The normalized spacial score (nSPS) is 12.9. The summed E-state index contributed by atoms with van der Waals surface area (Å²) < 4.78 is 73.1. The van der Waals surface area contributed by atoms with Crippen molar-refractivity contribution in [1.82, 2.24) is 10.9 Å². The van der Waals surface area contributed by atoms with Crippen molar-refractivity contribution >= 4 is 34.8 Å². The summed E-state index contributed by atoms with van der Waals surface area (Å²) in [6.45, 7) is 2.23. The zero-order valence-electron chi connectivity index (χ0n) is 16.5. The summed E-state index contributed by atoms with van der Waals surface area (Å²) in [7, 11) is 0. The highest BCUT2D eigenvalue weighted by Crippen LogP contribution is 2.18. The van der Waals surface area contributed by atoms with Crippen LogP contribution < -0.4 is 10.9 Å². The van der Waals surface area contributed by atoms with Crippen LogP contribution in [0.5, 0.6) is 0 Å². The number of Topliss-reactive ketones (excluding diaryl/α,β-unsaturated/α-hetero) is 2. The Morgan fingerprint density at radius 3 is 1.22 bits per heavy atom. The van der Waals surface area contributed by atoms with Crippen LogP contribution in [0, 0.1) is 0 Å². The van der Waals surface area contributed by atoms with Gasteiger partial charge in [0.05, 0.1) is 12.8 Å². The quantitative estimate of drug-likeness (QED) is 0.348. The van der Waals surface area contributed by atoms with E-state index in [1.165, 1.54) is 24.3 Å². The molecule has 0 heterocycles. The number of hydrogen-bond acceptors (Lipinski definition) is 6. The van der Waals surface area contributed by atoms with E-state index in [1.54, 1.807) is 0 Å². The Bertz CT molecular complexity index is 873. The zero-order chi connectivity index (χ0) is 24.7. The number of nitrogens with zero attached hydrogens (tertiary/aromatic N) is 2. The lowest BCUT2D eigenvalue weighted by Crippen LogP contribution is -2.26. The van der Waals surface area contributed by atoms with Crippen LogP contribution in [0.2, 0.25) is 0 Å². The van der Waals surface area contributed by atoms with Crippen LogP contribution in [0.4, 0.5) is 26.3 Å². The molecule has 0 spiro atoms. The first-order valence-electron chi connectivity index (χ1n) is 8.58. The van der Waals surface area contributed by atoms with Gasteiger partial charge in [-0.15, -0.1) is 0 Å². The highest BCUT2D eigenvalue weighted by Gasteiger charge is 2.38. The number of alkyl halides is 6. The van der Waals surface area contributed by atoms with Gasteiger partial charge in [0.15, 0.2) is 0 Å². The Balaban J connectivity index is 2.68. The summed E-state index contributed by atoms with van der Waals surface area (Å²) in [4.78, 5) is 45.6. The van der Waals surface area contributed by atoms with Crippen LogP contribution in [-0.4, -0.2) is 47.2 Å². The largest absolute Gasteiger partial charge is 0.450 e. The fourth-order valence-corrected chi connectivity index (χ4v) is 1.94. The van der Waals surface area contributed by atoms with Crippen molar-refractivity contribution in [3.63, 3.8) is 0 Å². The molecule has 0 atom stereocenters. The molecule has 0 aromatic heterocycles. The third-order valence-electron chi connectivity index (χ3n) is 3.57. The second kappa shape index (κ2) is 10.6. The van der Waals surface area contributed by atoms with Crippen molar-refractivity contribution in [2.24, 2.45) is 10.2 Å². The lowest BCUT2D eigenvalue weighted by Gasteiger charge is -2.06. The van der Waals surface area contributed by atoms with Gasteiger partial charge >= 0.3 is 12.4 Å². The number of hydrazone groups is 2. The van der Waals surface area contributed by atoms with Crippen LogP contribution in [-0.2, 0) is 9.59 Å². The first kappa shape index (κ1) is 26.5. The van der Waals surface area contributed by atoms with E-state index in [-0.39, 0.29) is 22.6 Å². The molecule has 0 unspecified atom stereocenters. The third-order valence-corrected chi connectivity index (χ3v) is 3.57. The number of carbonyl (C=O) groups excluding carboxylic acids is 4. The van der Waals surface area contributed by atoms with E-state index in [1.807, 2.05) is 10.9 Å². The molecular formula is C18H16F6N4O4. The van der Waals surface area contributed by atoms with Crippen molar-refractivity contribution in [1.29, 1.82) is 0 Å². The molecular weight excluding hydrogens is 450 g/mol. The molecule has 8 nitrogen and oxygen atoms in total. The number of nitrogens with one attached hydrogen (secondary N) is 2. The summed E-state index contributed by atoms with van der Waals surface area (Å²) >= 11 is 0. The van der Waals surface area contributed by atoms with E-state index in [2.05, 4.69) is 10.2 Å². The second-order valence-electron chi connectivity index (χ2n) is 6.35. The Morgan fingerprint density at radius 1 is 0.688 bits per heavy atom. The number of benzene rings is 1. The number of halogens is 6. The Hall–Kier alpha value is -3.58. The summed E-state index contributed by atoms with van der Waals surface area (Å²) in [5.74, 6) is -5.72. The molecule has 174 valence electrons. The standard InChI is InChI=1S/C18H16F6N4O4/c1-9(7-13(29)17(19,20)21)25-27-15(31)11-3-5-12(6-4-11)16(32)28-26-10(2)8-14(30)18(22,23)24/h3-6H,7-8H2,1-2H3,(H,27,31)(H,28,32)/b25-9+,26-10+. The van der Waals surface area contributed by atoms with Gasteiger partial charge in [0, 0.05) is 22.6 Å². The third kappa shape index (κ3) is 8.65. The summed E-state index contributed by atoms with van der Waals surface area (Å²) in [5, 5.41) is 6.79. The molecule has 0 aliphatic carbocycles. The minimum atomic E-state index is -5.02. The Labute approximate surface area is 176 Å². The monoisotopic (exact) mass is 466 g/mol. The average Bonchev–Trinajstić information content (AvgIpc) is 2.68. The molecule has 0 fully saturated rings. The Morgan fingerprint density at radius 2 is 0.969 bits per heavy atom. The van der Waals surface area contributed by atoms with Gasteiger partial charge < -0.3 is 0 Å². The van der Waals surface area contributed by atoms with Crippen molar-refractivity contribution in [2.45, 2.75) is 39.0 Å². The molecule has 0 saturated heterocycles. The van der Waals surface area contributed by atoms with E-state index < -0.39 is 48.6 Å². The van der Waals surface area contributed by atoms with Crippen molar-refractivity contribution in [3.8, 4) is 0 Å². The average molecular weight is 466 g/mol. The molecule has 32 heavy (non-hydrogen) atoms. The van der Waals surface area contributed by atoms with E-state index in [0.29, 0.717) is 0 Å². The first-order chi connectivity index (χ1) is 14.6. The fourth-order valence-electron chi connectivity index (χ4n) is 1.94. The van der Waals surface area contributed by atoms with Crippen molar-refractivity contribution < 1.29 is 45.5 Å². The van der Waals surface area contributed by atoms with Gasteiger partial charge in [-0.2, -0.15) is 36.5 Å². The fraction of sp³-hybridized carbons (Fsp3) is 0.333. The smallest absolute Gasteiger partial charge is 0.289 e. The summed E-state index contributed by atoms with van der Waals surface area (Å²) in [6.07, 6.45) is -12.1. The van der Waals surface area contributed by atoms with E-state index >= 15 is 0 Å². The molecule has 1 aromatic carbocycles. The number of ketones is 2. The molecule has 1 aromatic rings. The second-order valence-corrected chi connectivity index (χ2v) is 6.35. The Kier molecular flexibility index (Phi) is 8.79. The zero-order valence-corrected chi connectivity index (χ0v) is 16.5. The van der Waals surface area contributed by atoms with Gasteiger partial charge in [-0.3, -0.25) is 19.2 Å². The van der Waals surface area contributed by atoms with E-state index in [9.17, 15) is 45.5 Å². The van der Waals surface area contributed by atoms with E-state index in [0.717, 1.165) is 13.8 Å². The highest BCUT2D eigenvalue weighted by molar-refractivity contribution is 6.05. The van der Waals surface area contributed by atoms with Gasteiger partial charge in [0.1, 0.15) is 0 Å². The number of amides is 2. The van der Waals surface area contributed by atoms with Crippen LogP contribution in [0.3, 0.4) is 0 Å². The molecule has 0 saturated carbocycles. The van der Waals surface area contributed by atoms with Crippen LogP contribution >= 0.6 is 0 Å². The minimum Gasteiger partial charge on any atom is -0.289 e. The van der Waals surface area contributed by atoms with E-state index in [4.69, 9.17) is 0 Å². The molecule has 0 aliphatic heterocycles. The molecule has 0 bridgehead atoms. The minimum absolute atomic E-state index is 0.0318. The predicted octanol–water partition coefficient (Wildman–Crippen LogP) is 2.94.